The molecule has 1 saturated heterocycles. The highest BCUT2D eigenvalue weighted by atomic mass is 35.5. The van der Waals surface area contributed by atoms with E-state index in [4.69, 9.17) is 22.1 Å². The van der Waals surface area contributed by atoms with Gasteiger partial charge >= 0.3 is 0 Å². The second kappa shape index (κ2) is 5.63. The molecular weight excluding hydrogens is 277 g/mol. The molecule has 1 aromatic carbocycles. The molecule has 0 bridgehead atoms. The van der Waals surface area contributed by atoms with Crippen molar-refractivity contribution in [3.63, 3.8) is 0 Å². The number of hydrogen-bond donors (Lipinski definition) is 1. The van der Waals surface area contributed by atoms with Gasteiger partial charge in [-0.15, -0.1) is 0 Å². The molecule has 1 saturated carbocycles. The molecule has 2 aliphatic rings. The van der Waals surface area contributed by atoms with E-state index in [1.165, 1.54) is 18.9 Å². The average molecular weight is 298 g/mol. The normalized spacial score (nSPS) is 26.9. The maximum atomic E-state index is 13.3. The topological polar surface area (TPSA) is 35.2 Å². The first kappa shape index (κ1) is 14.3. The summed E-state index contributed by atoms with van der Waals surface area (Å²) in [4.78, 5) is 0. The molecule has 1 aromatic rings. The van der Waals surface area contributed by atoms with Gasteiger partial charge in [-0.3, -0.25) is 0 Å². The van der Waals surface area contributed by atoms with Crippen LogP contribution in [0.3, 0.4) is 0 Å². The van der Waals surface area contributed by atoms with Crippen molar-refractivity contribution >= 4 is 11.6 Å². The first-order chi connectivity index (χ1) is 9.60. The van der Waals surface area contributed by atoms with Gasteiger partial charge in [0.1, 0.15) is 5.82 Å². The van der Waals surface area contributed by atoms with Crippen LogP contribution >= 0.6 is 11.6 Å². The Balaban J connectivity index is 1.75. The lowest BCUT2D eigenvalue weighted by molar-refractivity contribution is -0.0963. The summed E-state index contributed by atoms with van der Waals surface area (Å²) >= 11 is 5.86. The minimum Gasteiger partial charge on any atom is -0.375 e. The molecule has 0 amide bonds. The predicted molar refractivity (Wildman–Crippen MR) is 78.2 cm³/mol. The maximum Gasteiger partial charge on any atom is 0.141 e. The fraction of sp³-hybridized carbons (Fsp3) is 0.625. The Morgan fingerprint density at radius 3 is 2.80 bits per heavy atom. The molecule has 4 heteroatoms. The summed E-state index contributed by atoms with van der Waals surface area (Å²) in [5.41, 5.74) is 7.39. The summed E-state index contributed by atoms with van der Waals surface area (Å²) in [5, 5.41) is 0.153. The molecule has 1 aliphatic heterocycles. The Kier molecular flexibility index (Phi) is 4.02. The average Bonchev–Trinajstić information content (AvgIpc) is 2.89. The van der Waals surface area contributed by atoms with E-state index >= 15 is 0 Å². The van der Waals surface area contributed by atoms with Crippen LogP contribution in [0.25, 0.3) is 0 Å². The molecule has 3 rings (SSSR count). The van der Waals surface area contributed by atoms with E-state index in [0.29, 0.717) is 5.92 Å². The lowest BCUT2D eigenvalue weighted by Crippen LogP contribution is -2.40. The Labute approximate surface area is 124 Å². The summed E-state index contributed by atoms with van der Waals surface area (Å²) in [5.74, 6) is 0.00485. The number of ether oxygens (including phenoxy) is 1. The number of nitrogens with two attached hydrogens (primary N) is 1. The highest BCUT2D eigenvalue weighted by molar-refractivity contribution is 6.30. The van der Waals surface area contributed by atoms with Gasteiger partial charge in [-0.1, -0.05) is 30.5 Å². The highest BCUT2D eigenvalue weighted by Gasteiger charge is 2.41. The smallest absolute Gasteiger partial charge is 0.141 e. The molecule has 2 atom stereocenters. The molecule has 1 aliphatic carbocycles. The van der Waals surface area contributed by atoms with Crippen LogP contribution in [-0.2, 0) is 4.74 Å². The van der Waals surface area contributed by atoms with E-state index in [2.05, 4.69) is 0 Å². The summed E-state index contributed by atoms with van der Waals surface area (Å²) in [6.45, 7) is 0.785. The Morgan fingerprint density at radius 1 is 1.35 bits per heavy atom. The summed E-state index contributed by atoms with van der Waals surface area (Å²) in [7, 11) is 0. The van der Waals surface area contributed by atoms with Gasteiger partial charge in [0.25, 0.3) is 0 Å². The first-order valence-electron chi connectivity index (χ1n) is 7.44. The van der Waals surface area contributed by atoms with Crippen molar-refractivity contribution in [3.05, 3.63) is 34.6 Å². The molecule has 1 heterocycles. The highest BCUT2D eigenvalue weighted by Crippen LogP contribution is 2.44. The molecule has 110 valence electrons. The fourth-order valence-corrected chi connectivity index (χ4v) is 3.92. The molecule has 2 N–H and O–H groups in total. The number of halogens is 2. The third-order valence-electron chi connectivity index (χ3n) is 4.88. The van der Waals surface area contributed by atoms with E-state index in [1.807, 2.05) is 0 Å². The van der Waals surface area contributed by atoms with E-state index in [0.717, 1.165) is 37.9 Å². The molecule has 20 heavy (non-hydrogen) atoms. The van der Waals surface area contributed by atoms with Crippen LogP contribution in [0.15, 0.2) is 18.2 Å². The van der Waals surface area contributed by atoms with Crippen LogP contribution < -0.4 is 5.73 Å². The Bertz CT molecular complexity index is 487. The van der Waals surface area contributed by atoms with Gasteiger partial charge in [-0.2, -0.15) is 0 Å². The van der Waals surface area contributed by atoms with Crippen LogP contribution in [0.5, 0.6) is 0 Å². The van der Waals surface area contributed by atoms with E-state index in [1.54, 1.807) is 12.1 Å². The third kappa shape index (κ3) is 2.72. The SMILES string of the molecule is NC(c1ccc(F)c(Cl)c1)C1CCOC2(CCCC2)C1. The Morgan fingerprint density at radius 2 is 2.10 bits per heavy atom. The van der Waals surface area contributed by atoms with Crippen molar-refractivity contribution in [1.29, 1.82) is 0 Å². The van der Waals surface area contributed by atoms with Gasteiger partial charge in [0.15, 0.2) is 0 Å². The van der Waals surface area contributed by atoms with Crippen molar-refractivity contribution in [2.75, 3.05) is 6.61 Å². The monoisotopic (exact) mass is 297 g/mol. The first-order valence-corrected chi connectivity index (χ1v) is 7.82. The zero-order chi connectivity index (χ0) is 14.2. The minimum absolute atomic E-state index is 0.0599. The van der Waals surface area contributed by atoms with Crippen molar-refractivity contribution in [3.8, 4) is 0 Å². The van der Waals surface area contributed by atoms with Gasteiger partial charge in [0, 0.05) is 12.6 Å². The van der Waals surface area contributed by atoms with Crippen molar-refractivity contribution in [2.24, 2.45) is 11.7 Å². The van der Waals surface area contributed by atoms with E-state index < -0.39 is 0 Å². The predicted octanol–water partition coefficient (Wildman–Crippen LogP) is 4.22. The van der Waals surface area contributed by atoms with Gasteiger partial charge in [-0.05, 0) is 49.3 Å². The number of benzene rings is 1. The fourth-order valence-electron chi connectivity index (χ4n) is 3.73. The molecular formula is C16H21ClFNO. The zero-order valence-corrected chi connectivity index (χ0v) is 12.3. The van der Waals surface area contributed by atoms with Gasteiger partial charge < -0.3 is 10.5 Å². The second-order valence-corrected chi connectivity index (χ2v) is 6.60. The van der Waals surface area contributed by atoms with Gasteiger partial charge in [-0.25, -0.2) is 4.39 Å². The molecule has 2 unspecified atom stereocenters. The lowest BCUT2D eigenvalue weighted by Gasteiger charge is -2.40. The summed E-state index contributed by atoms with van der Waals surface area (Å²) in [6.07, 6.45) is 6.80. The van der Waals surface area contributed by atoms with Crippen LogP contribution in [0.1, 0.15) is 50.1 Å². The molecule has 0 radical (unpaired) electrons. The molecule has 2 fully saturated rings. The van der Waals surface area contributed by atoms with E-state index in [-0.39, 0.29) is 22.5 Å². The van der Waals surface area contributed by atoms with Gasteiger partial charge in [0.05, 0.1) is 10.6 Å². The number of hydrogen-bond acceptors (Lipinski definition) is 2. The van der Waals surface area contributed by atoms with Gasteiger partial charge in [0.2, 0.25) is 0 Å². The Hall–Kier alpha value is -0.640. The third-order valence-corrected chi connectivity index (χ3v) is 5.17. The van der Waals surface area contributed by atoms with Crippen molar-refractivity contribution < 1.29 is 9.13 Å². The quantitative estimate of drug-likeness (QED) is 0.887. The maximum absolute atomic E-state index is 13.3. The van der Waals surface area contributed by atoms with Crippen molar-refractivity contribution in [2.45, 2.75) is 50.2 Å². The molecule has 1 spiro atoms. The van der Waals surface area contributed by atoms with Crippen LogP contribution in [0.2, 0.25) is 5.02 Å². The largest absolute Gasteiger partial charge is 0.375 e. The minimum atomic E-state index is -0.387. The van der Waals surface area contributed by atoms with Crippen LogP contribution in [0, 0.1) is 11.7 Å². The van der Waals surface area contributed by atoms with Crippen molar-refractivity contribution in [1.82, 2.24) is 0 Å². The summed E-state index contributed by atoms with van der Waals surface area (Å²) < 4.78 is 19.3. The zero-order valence-electron chi connectivity index (χ0n) is 11.6. The van der Waals surface area contributed by atoms with Crippen LogP contribution in [0.4, 0.5) is 4.39 Å². The van der Waals surface area contributed by atoms with E-state index in [9.17, 15) is 4.39 Å². The van der Waals surface area contributed by atoms with Crippen LogP contribution in [-0.4, -0.2) is 12.2 Å². The standard InChI is InChI=1S/C16H21ClFNO/c17-13-9-11(3-4-14(13)18)15(19)12-5-8-20-16(10-12)6-1-2-7-16/h3-4,9,12,15H,1-2,5-8,10,19H2. The second-order valence-electron chi connectivity index (χ2n) is 6.19. The molecule has 0 aromatic heterocycles. The number of rotatable bonds is 2. The molecule has 2 nitrogen and oxygen atoms in total. The lowest BCUT2D eigenvalue weighted by atomic mass is 9.79. The summed E-state index contributed by atoms with van der Waals surface area (Å²) in [6, 6.07) is 4.73.